The van der Waals surface area contributed by atoms with Gasteiger partial charge in [0.1, 0.15) is 24.4 Å². The van der Waals surface area contributed by atoms with Gasteiger partial charge in [0.05, 0.1) is 6.61 Å². The maximum Gasteiger partial charge on any atom is 0.308 e. The highest BCUT2D eigenvalue weighted by Crippen LogP contribution is 2.25. The molecule has 0 aromatic carbocycles. The maximum atomic E-state index is 11.3. The summed E-state index contributed by atoms with van der Waals surface area (Å²) < 4.78 is 9.89. The third-order valence-corrected chi connectivity index (χ3v) is 2.80. The number of carbonyl (C=O) groups is 1. The van der Waals surface area contributed by atoms with Gasteiger partial charge in [-0.05, 0) is 6.42 Å². The van der Waals surface area contributed by atoms with Crippen molar-refractivity contribution in [2.75, 3.05) is 6.61 Å². The molecule has 0 spiro atoms. The zero-order chi connectivity index (χ0) is 13.7. The van der Waals surface area contributed by atoms with E-state index in [9.17, 15) is 20.1 Å². The number of rotatable bonds is 6. The summed E-state index contributed by atoms with van der Waals surface area (Å²) in [6.45, 7) is 1.30. The minimum atomic E-state index is -1.43. The van der Waals surface area contributed by atoms with Crippen molar-refractivity contribution in [2.45, 2.75) is 56.9 Å². The van der Waals surface area contributed by atoms with E-state index in [0.717, 1.165) is 6.42 Å². The Hall–Kier alpha value is -0.730. The van der Waals surface area contributed by atoms with Crippen LogP contribution in [0.1, 0.15) is 26.2 Å². The molecule has 5 atom stereocenters. The van der Waals surface area contributed by atoms with Gasteiger partial charge < -0.3 is 29.9 Å². The van der Waals surface area contributed by atoms with Crippen molar-refractivity contribution in [1.29, 1.82) is 0 Å². The Labute approximate surface area is 105 Å². The molecule has 0 aromatic heterocycles. The summed E-state index contributed by atoms with van der Waals surface area (Å²) in [5.74, 6) is -0.535. The molecule has 0 saturated carbocycles. The topological polar surface area (TPSA) is 116 Å². The van der Waals surface area contributed by atoms with Crippen molar-refractivity contribution in [3.63, 3.8) is 0 Å². The van der Waals surface area contributed by atoms with E-state index in [1.165, 1.54) is 0 Å². The monoisotopic (exact) mass is 264 g/mol. The molecule has 1 saturated heterocycles. The van der Waals surface area contributed by atoms with Crippen molar-refractivity contribution < 1.29 is 34.7 Å². The average molecular weight is 264 g/mol. The van der Waals surface area contributed by atoms with E-state index in [-0.39, 0.29) is 6.42 Å². The Balaban J connectivity index is 2.50. The molecule has 0 bridgehead atoms. The quantitative estimate of drug-likeness (QED) is 0.432. The summed E-state index contributed by atoms with van der Waals surface area (Å²) in [5, 5.41) is 37.3. The highest BCUT2D eigenvalue weighted by molar-refractivity contribution is 5.69. The van der Waals surface area contributed by atoms with Gasteiger partial charge in [-0.3, -0.25) is 4.79 Å². The predicted molar refractivity (Wildman–Crippen MR) is 59.4 cm³/mol. The summed E-state index contributed by atoms with van der Waals surface area (Å²) >= 11 is 0. The summed E-state index contributed by atoms with van der Waals surface area (Å²) in [4.78, 5) is 11.3. The lowest BCUT2D eigenvalue weighted by atomic mass is 10.1. The molecule has 0 aliphatic carbocycles. The number of ether oxygens (including phenoxy) is 2. The summed E-state index contributed by atoms with van der Waals surface area (Å²) in [5.41, 5.74) is 0. The first-order valence-electron chi connectivity index (χ1n) is 6.01. The van der Waals surface area contributed by atoms with Crippen LogP contribution in [-0.2, 0) is 14.3 Å². The second-order valence-electron chi connectivity index (χ2n) is 4.29. The molecule has 7 nitrogen and oxygen atoms in total. The van der Waals surface area contributed by atoms with Crippen LogP contribution in [0.5, 0.6) is 0 Å². The highest BCUT2D eigenvalue weighted by atomic mass is 16.7. The van der Waals surface area contributed by atoms with Crippen LogP contribution < -0.4 is 0 Å². The van der Waals surface area contributed by atoms with Crippen LogP contribution >= 0.6 is 0 Å². The number of aliphatic hydroxyl groups excluding tert-OH is 4. The summed E-state index contributed by atoms with van der Waals surface area (Å²) in [7, 11) is 0. The van der Waals surface area contributed by atoms with E-state index < -0.39 is 43.3 Å². The Bertz CT molecular complexity index is 270. The Kier molecular flexibility index (Phi) is 5.97. The van der Waals surface area contributed by atoms with E-state index in [1.54, 1.807) is 0 Å². The summed E-state index contributed by atoms with van der Waals surface area (Å²) in [6.07, 6.45) is -4.96. The van der Waals surface area contributed by atoms with E-state index >= 15 is 0 Å². The Morgan fingerprint density at radius 1 is 1.39 bits per heavy atom. The fourth-order valence-corrected chi connectivity index (χ4v) is 1.70. The lowest BCUT2D eigenvalue weighted by molar-refractivity contribution is -0.195. The first-order valence-corrected chi connectivity index (χ1v) is 6.01. The standard InChI is InChI=1S/C11H20O7/c1-2-3-4-7(14)17-11-9(16)8(15)10(18-11)6(13)5-12/h6,8-13,15-16H,2-5H2,1H3/t6-,8-,9-,10+,11+/m0/s1. The smallest absolute Gasteiger partial charge is 0.308 e. The molecule has 0 aromatic rings. The van der Waals surface area contributed by atoms with Crippen LogP contribution in [-0.4, -0.2) is 63.7 Å². The lowest BCUT2D eigenvalue weighted by Gasteiger charge is -2.18. The van der Waals surface area contributed by atoms with Crippen LogP contribution in [0.2, 0.25) is 0 Å². The second-order valence-corrected chi connectivity index (χ2v) is 4.29. The molecular formula is C11H20O7. The number of hydrogen-bond acceptors (Lipinski definition) is 7. The van der Waals surface area contributed by atoms with Gasteiger partial charge in [-0.25, -0.2) is 0 Å². The molecule has 1 rings (SSSR count). The van der Waals surface area contributed by atoms with Crippen molar-refractivity contribution >= 4 is 5.97 Å². The maximum absolute atomic E-state index is 11.3. The zero-order valence-electron chi connectivity index (χ0n) is 10.2. The highest BCUT2D eigenvalue weighted by Gasteiger charge is 2.47. The lowest BCUT2D eigenvalue weighted by Crippen LogP contribution is -2.40. The molecule has 1 aliphatic rings. The normalized spacial score (nSPS) is 33.4. The van der Waals surface area contributed by atoms with Gasteiger partial charge in [0, 0.05) is 6.42 Å². The second kappa shape index (κ2) is 7.01. The van der Waals surface area contributed by atoms with Crippen LogP contribution in [0.25, 0.3) is 0 Å². The third-order valence-electron chi connectivity index (χ3n) is 2.80. The van der Waals surface area contributed by atoms with E-state index in [4.69, 9.17) is 14.6 Å². The van der Waals surface area contributed by atoms with Crippen molar-refractivity contribution in [1.82, 2.24) is 0 Å². The van der Waals surface area contributed by atoms with Gasteiger partial charge in [-0.15, -0.1) is 0 Å². The van der Waals surface area contributed by atoms with Crippen LogP contribution in [0.3, 0.4) is 0 Å². The van der Waals surface area contributed by atoms with Gasteiger partial charge in [0.15, 0.2) is 0 Å². The molecule has 106 valence electrons. The number of carbonyl (C=O) groups excluding carboxylic acids is 1. The number of aliphatic hydroxyl groups is 4. The Morgan fingerprint density at radius 3 is 2.61 bits per heavy atom. The van der Waals surface area contributed by atoms with Gasteiger partial charge in [0.25, 0.3) is 0 Å². The van der Waals surface area contributed by atoms with Crippen LogP contribution in [0, 0.1) is 0 Å². The van der Waals surface area contributed by atoms with Crippen LogP contribution in [0.15, 0.2) is 0 Å². The number of esters is 1. The minimum absolute atomic E-state index is 0.201. The fraction of sp³-hybridized carbons (Fsp3) is 0.909. The van der Waals surface area contributed by atoms with Gasteiger partial charge in [-0.2, -0.15) is 0 Å². The molecule has 4 N–H and O–H groups in total. The first kappa shape index (κ1) is 15.3. The fourth-order valence-electron chi connectivity index (χ4n) is 1.70. The predicted octanol–water partition coefficient (Wildman–Crippen LogP) is -1.48. The SMILES string of the molecule is CCCCC(=O)O[C@@H]1O[C@H]([C@@H](O)CO)[C@@H](O)[C@@H]1O. The largest absolute Gasteiger partial charge is 0.433 e. The molecule has 0 amide bonds. The van der Waals surface area contributed by atoms with Crippen LogP contribution in [0.4, 0.5) is 0 Å². The molecule has 0 unspecified atom stereocenters. The molecule has 7 heteroatoms. The van der Waals surface area contributed by atoms with E-state index in [1.807, 2.05) is 6.92 Å². The van der Waals surface area contributed by atoms with Gasteiger partial charge in [0.2, 0.25) is 6.29 Å². The van der Waals surface area contributed by atoms with Crippen molar-refractivity contribution in [2.24, 2.45) is 0 Å². The van der Waals surface area contributed by atoms with E-state index in [0.29, 0.717) is 6.42 Å². The van der Waals surface area contributed by atoms with E-state index in [2.05, 4.69) is 0 Å². The number of unbranched alkanes of at least 4 members (excludes halogenated alkanes) is 1. The average Bonchev–Trinajstić information content (AvgIpc) is 2.64. The number of hydrogen-bond donors (Lipinski definition) is 4. The van der Waals surface area contributed by atoms with Crippen molar-refractivity contribution in [3.05, 3.63) is 0 Å². The first-order chi connectivity index (χ1) is 8.51. The molecule has 1 aliphatic heterocycles. The zero-order valence-corrected chi connectivity index (χ0v) is 10.2. The molecule has 1 heterocycles. The molecule has 0 radical (unpaired) electrons. The van der Waals surface area contributed by atoms with Crippen molar-refractivity contribution in [3.8, 4) is 0 Å². The molecule has 1 fully saturated rings. The third kappa shape index (κ3) is 3.63. The molecule has 18 heavy (non-hydrogen) atoms. The minimum Gasteiger partial charge on any atom is -0.433 e. The van der Waals surface area contributed by atoms with Gasteiger partial charge >= 0.3 is 5.97 Å². The molecular weight excluding hydrogens is 244 g/mol. The Morgan fingerprint density at radius 2 is 2.06 bits per heavy atom. The summed E-state index contributed by atoms with van der Waals surface area (Å²) in [6, 6.07) is 0. The van der Waals surface area contributed by atoms with Gasteiger partial charge in [-0.1, -0.05) is 13.3 Å².